The highest BCUT2D eigenvalue weighted by Crippen LogP contribution is 2.36. The molecule has 118 valence electrons. The van der Waals surface area contributed by atoms with Crippen LogP contribution in [0.3, 0.4) is 0 Å². The summed E-state index contributed by atoms with van der Waals surface area (Å²) < 4.78 is 75.4. The number of aliphatic hydroxyl groups is 1. The summed E-state index contributed by atoms with van der Waals surface area (Å²) in [6, 6.07) is -0.929. The van der Waals surface area contributed by atoms with Gasteiger partial charge >= 0.3 is 12.4 Å². The van der Waals surface area contributed by atoms with Gasteiger partial charge in [0.15, 0.2) is 0 Å². The maximum atomic E-state index is 12.6. The van der Waals surface area contributed by atoms with Crippen LogP contribution >= 0.6 is 0 Å². The molecule has 0 aliphatic heterocycles. The van der Waals surface area contributed by atoms with Gasteiger partial charge in [0.05, 0.1) is 11.1 Å². The first-order chi connectivity index (χ1) is 9.45. The van der Waals surface area contributed by atoms with Crippen LogP contribution in [0.1, 0.15) is 16.7 Å². The zero-order valence-corrected chi connectivity index (χ0v) is 10.2. The van der Waals surface area contributed by atoms with Crippen molar-refractivity contribution in [1.29, 1.82) is 0 Å². The highest BCUT2D eigenvalue weighted by atomic mass is 19.4. The number of halogens is 6. The van der Waals surface area contributed by atoms with Crippen molar-refractivity contribution in [3.63, 3.8) is 0 Å². The van der Waals surface area contributed by atoms with Crippen molar-refractivity contribution >= 4 is 0 Å². The standard InChI is InChI=1S/C11H9F6NO3/c12-10(13,14)7-1-6(3-9(5-19)18(20)21)2-8(4-7)11(15,16)17/h1-2,4,9,19H,3,5H2. The molecule has 0 saturated heterocycles. The summed E-state index contributed by atoms with van der Waals surface area (Å²) in [6.45, 7) is -0.995. The van der Waals surface area contributed by atoms with Gasteiger partial charge in [0, 0.05) is 11.3 Å². The number of nitro groups is 1. The van der Waals surface area contributed by atoms with Gasteiger partial charge < -0.3 is 5.11 Å². The maximum Gasteiger partial charge on any atom is 0.416 e. The Morgan fingerprint density at radius 3 is 1.76 bits per heavy atom. The van der Waals surface area contributed by atoms with Gasteiger partial charge in [0.2, 0.25) is 6.04 Å². The summed E-state index contributed by atoms with van der Waals surface area (Å²) in [5.41, 5.74) is -3.62. The van der Waals surface area contributed by atoms with E-state index in [1.807, 2.05) is 0 Å². The zero-order valence-electron chi connectivity index (χ0n) is 10.2. The van der Waals surface area contributed by atoms with E-state index < -0.39 is 53.0 Å². The lowest BCUT2D eigenvalue weighted by molar-refractivity contribution is -0.525. The van der Waals surface area contributed by atoms with Crippen LogP contribution in [0.15, 0.2) is 18.2 Å². The van der Waals surface area contributed by atoms with Crippen LogP contribution in [0.4, 0.5) is 26.3 Å². The van der Waals surface area contributed by atoms with Crippen molar-refractivity contribution in [3.05, 3.63) is 45.0 Å². The van der Waals surface area contributed by atoms with Crippen molar-refractivity contribution in [2.75, 3.05) is 6.61 Å². The summed E-state index contributed by atoms with van der Waals surface area (Å²) >= 11 is 0. The van der Waals surface area contributed by atoms with Crippen molar-refractivity contribution in [2.45, 2.75) is 24.8 Å². The van der Waals surface area contributed by atoms with Gasteiger partial charge in [0.1, 0.15) is 6.61 Å². The van der Waals surface area contributed by atoms with Gasteiger partial charge in [0.25, 0.3) is 0 Å². The van der Waals surface area contributed by atoms with E-state index in [4.69, 9.17) is 5.11 Å². The average Bonchev–Trinajstić information content (AvgIpc) is 2.33. The highest BCUT2D eigenvalue weighted by molar-refractivity contribution is 5.34. The Labute approximate surface area is 114 Å². The van der Waals surface area contributed by atoms with E-state index in [0.717, 1.165) is 0 Å². The highest BCUT2D eigenvalue weighted by Gasteiger charge is 2.37. The second-order valence-corrected chi connectivity index (χ2v) is 4.24. The third-order valence-corrected chi connectivity index (χ3v) is 2.63. The van der Waals surface area contributed by atoms with Crippen LogP contribution in [-0.2, 0) is 18.8 Å². The zero-order chi connectivity index (χ0) is 16.4. The Balaban J connectivity index is 3.29. The van der Waals surface area contributed by atoms with Crippen LogP contribution in [0.2, 0.25) is 0 Å². The molecule has 1 aromatic rings. The topological polar surface area (TPSA) is 63.4 Å². The molecule has 0 aliphatic rings. The molecule has 0 bridgehead atoms. The number of benzene rings is 1. The van der Waals surface area contributed by atoms with E-state index in [-0.39, 0.29) is 6.07 Å². The number of nitrogens with zero attached hydrogens (tertiary/aromatic N) is 1. The van der Waals surface area contributed by atoms with Crippen molar-refractivity contribution in [1.82, 2.24) is 0 Å². The smallest absolute Gasteiger partial charge is 0.389 e. The molecular formula is C11H9F6NO3. The molecule has 0 amide bonds. The Hall–Kier alpha value is -1.84. The number of aliphatic hydroxyl groups excluding tert-OH is 1. The van der Waals surface area contributed by atoms with E-state index in [0.29, 0.717) is 12.1 Å². The normalized spacial score (nSPS) is 14.0. The fraction of sp³-hybridized carbons (Fsp3) is 0.455. The van der Waals surface area contributed by atoms with Crippen LogP contribution in [-0.4, -0.2) is 22.7 Å². The first kappa shape index (κ1) is 17.2. The Bertz CT molecular complexity index is 493. The predicted molar refractivity (Wildman–Crippen MR) is 58.0 cm³/mol. The molecule has 0 heterocycles. The Kier molecular flexibility index (Phi) is 4.82. The van der Waals surface area contributed by atoms with E-state index >= 15 is 0 Å². The largest absolute Gasteiger partial charge is 0.416 e. The van der Waals surface area contributed by atoms with Crippen molar-refractivity contribution in [2.24, 2.45) is 0 Å². The van der Waals surface area contributed by atoms with Crippen LogP contribution in [0.25, 0.3) is 0 Å². The second kappa shape index (κ2) is 5.88. The third-order valence-electron chi connectivity index (χ3n) is 2.63. The van der Waals surface area contributed by atoms with E-state index in [1.165, 1.54) is 0 Å². The van der Waals surface area contributed by atoms with Crippen molar-refractivity contribution < 1.29 is 36.4 Å². The average molecular weight is 317 g/mol. The molecule has 10 heteroatoms. The number of hydrogen-bond acceptors (Lipinski definition) is 3. The molecule has 0 saturated carbocycles. The maximum absolute atomic E-state index is 12.6. The van der Waals surface area contributed by atoms with Crippen LogP contribution < -0.4 is 0 Å². The molecule has 1 atom stereocenters. The van der Waals surface area contributed by atoms with Gasteiger partial charge in [-0.1, -0.05) is 0 Å². The van der Waals surface area contributed by atoms with E-state index in [1.54, 1.807) is 0 Å². The fourth-order valence-electron chi connectivity index (χ4n) is 1.62. The molecule has 0 spiro atoms. The first-order valence-corrected chi connectivity index (χ1v) is 5.48. The van der Waals surface area contributed by atoms with Crippen LogP contribution in [0.5, 0.6) is 0 Å². The minimum absolute atomic E-state index is 0.0659. The minimum Gasteiger partial charge on any atom is -0.389 e. The summed E-state index contributed by atoms with van der Waals surface area (Å²) in [5.74, 6) is 0. The fourth-order valence-corrected chi connectivity index (χ4v) is 1.62. The molecule has 1 unspecified atom stereocenters. The molecular weight excluding hydrogens is 308 g/mol. The summed E-state index contributed by atoms with van der Waals surface area (Å²) in [7, 11) is 0. The lowest BCUT2D eigenvalue weighted by Crippen LogP contribution is -2.26. The summed E-state index contributed by atoms with van der Waals surface area (Å²) in [6.07, 6.45) is -10.8. The predicted octanol–water partition coefficient (Wildman–Crippen LogP) is 2.90. The Morgan fingerprint density at radius 1 is 1.05 bits per heavy atom. The van der Waals surface area contributed by atoms with Gasteiger partial charge in [-0.15, -0.1) is 0 Å². The quantitative estimate of drug-likeness (QED) is 0.527. The minimum atomic E-state index is -5.01. The Morgan fingerprint density at radius 2 is 1.48 bits per heavy atom. The monoisotopic (exact) mass is 317 g/mol. The number of rotatable bonds is 4. The molecule has 0 aromatic heterocycles. The lowest BCUT2D eigenvalue weighted by Gasteiger charge is -2.15. The molecule has 21 heavy (non-hydrogen) atoms. The first-order valence-electron chi connectivity index (χ1n) is 5.48. The van der Waals surface area contributed by atoms with Crippen LogP contribution in [0, 0.1) is 10.1 Å². The third kappa shape index (κ3) is 4.59. The molecule has 0 radical (unpaired) electrons. The summed E-state index contributed by atoms with van der Waals surface area (Å²) in [4.78, 5) is 9.53. The van der Waals surface area contributed by atoms with Gasteiger partial charge in [-0.2, -0.15) is 26.3 Å². The van der Waals surface area contributed by atoms with Crippen molar-refractivity contribution in [3.8, 4) is 0 Å². The van der Waals surface area contributed by atoms with Gasteiger partial charge in [-0.3, -0.25) is 10.1 Å². The second-order valence-electron chi connectivity index (χ2n) is 4.24. The molecule has 1 aromatic carbocycles. The molecule has 1 N–H and O–H groups in total. The molecule has 0 aliphatic carbocycles. The number of hydrogen-bond donors (Lipinski definition) is 1. The van der Waals surface area contributed by atoms with E-state index in [9.17, 15) is 36.5 Å². The van der Waals surface area contributed by atoms with E-state index in [2.05, 4.69) is 0 Å². The molecule has 4 nitrogen and oxygen atoms in total. The number of alkyl halides is 6. The molecule has 0 fully saturated rings. The lowest BCUT2D eigenvalue weighted by atomic mass is 10.00. The van der Waals surface area contributed by atoms with Gasteiger partial charge in [-0.05, 0) is 23.8 Å². The summed E-state index contributed by atoms with van der Waals surface area (Å²) in [5, 5.41) is 19.2. The van der Waals surface area contributed by atoms with Gasteiger partial charge in [-0.25, -0.2) is 0 Å². The SMILES string of the molecule is O=[N+]([O-])C(CO)Cc1cc(C(F)(F)F)cc(C(F)(F)F)c1. The molecule has 1 rings (SSSR count).